The number of carboxylic acids is 1. The average molecular weight is 404 g/mol. The molecule has 2 aliphatic rings. The van der Waals surface area contributed by atoms with Crippen LogP contribution in [0.1, 0.15) is 48.0 Å². The fourth-order valence-electron chi connectivity index (χ4n) is 4.17. The van der Waals surface area contributed by atoms with Crippen LogP contribution in [0.4, 0.5) is 0 Å². The van der Waals surface area contributed by atoms with Crippen molar-refractivity contribution in [3.05, 3.63) is 0 Å². The molecular formula is C20H37NO7. The van der Waals surface area contributed by atoms with Crippen molar-refractivity contribution in [3.63, 3.8) is 0 Å². The minimum absolute atomic E-state index is 0.209. The molecule has 8 heteroatoms. The molecule has 0 radical (unpaired) electrons. The number of carbonyl (C=O) groups excluding carboxylic acids is 2. The van der Waals surface area contributed by atoms with Gasteiger partial charge >= 0.3 is 5.97 Å². The number of ether oxygens (including phenoxy) is 4. The van der Waals surface area contributed by atoms with Crippen LogP contribution in [0.3, 0.4) is 0 Å². The van der Waals surface area contributed by atoms with Crippen molar-refractivity contribution in [1.82, 2.24) is 0 Å². The van der Waals surface area contributed by atoms with Crippen LogP contribution in [-0.4, -0.2) is 63.5 Å². The maximum atomic E-state index is 12.0. The van der Waals surface area contributed by atoms with Gasteiger partial charge in [-0.15, -0.1) is 0 Å². The number of carbonyl (C=O) groups is 2. The molecule has 0 amide bonds. The molecule has 2 heterocycles. The summed E-state index contributed by atoms with van der Waals surface area (Å²) in [6, 6.07) is 0. The van der Waals surface area contributed by atoms with E-state index in [0.717, 1.165) is 0 Å². The number of esters is 1. The van der Waals surface area contributed by atoms with Crippen LogP contribution in [0.5, 0.6) is 0 Å². The highest BCUT2D eigenvalue weighted by Crippen LogP contribution is 2.53. The number of quaternary nitrogens is 1. The van der Waals surface area contributed by atoms with Crippen molar-refractivity contribution in [3.8, 4) is 0 Å². The van der Waals surface area contributed by atoms with Crippen LogP contribution in [0, 0.1) is 17.8 Å². The number of hydrogen-bond acceptors (Lipinski definition) is 7. The maximum Gasteiger partial charge on any atom is 0.317 e. The number of aliphatic carboxylic acids is 1. The second kappa shape index (κ2) is 10.0. The number of nitrogens with one attached hydrogen (secondary N) is 1. The Kier molecular flexibility index (Phi) is 8.87. The number of methoxy groups -OCH3 is 2. The van der Waals surface area contributed by atoms with Crippen molar-refractivity contribution < 1.29 is 38.5 Å². The molecule has 0 aliphatic carbocycles. The van der Waals surface area contributed by atoms with E-state index in [0.29, 0.717) is 0 Å². The summed E-state index contributed by atoms with van der Waals surface area (Å²) in [5.74, 6) is -6.30. The first-order valence-electron chi connectivity index (χ1n) is 10.1. The van der Waals surface area contributed by atoms with Gasteiger partial charge in [-0.05, 0) is 33.6 Å². The van der Waals surface area contributed by atoms with Crippen LogP contribution >= 0.6 is 0 Å². The summed E-state index contributed by atoms with van der Waals surface area (Å²) in [5.41, 5.74) is 0. The second-order valence-electron chi connectivity index (χ2n) is 7.65. The SMILES string of the molecule is CC[NH+](CC)CC.CO[C@]12C[C@H](C)[C@H]([C@@H](C)C(=O)[O-])O[C@]1(OC)[C@@H](C)C(=O)O2. The maximum absolute atomic E-state index is 12.0. The van der Waals surface area contributed by atoms with Crippen molar-refractivity contribution in [2.24, 2.45) is 17.8 Å². The van der Waals surface area contributed by atoms with Crippen molar-refractivity contribution in [1.29, 1.82) is 0 Å². The molecule has 164 valence electrons. The molecule has 0 aromatic heterocycles. The number of fused-ring (bicyclic) bond motifs is 1. The molecule has 6 atom stereocenters. The van der Waals surface area contributed by atoms with Crippen LogP contribution in [-0.2, 0) is 28.5 Å². The standard InChI is InChI=1S/C14H22O7.C6H15N/c1-7-6-13(18-4)14(19-5,9(3)12(17)21-13)20-10(7)8(2)11(15)16;1-4-7(5-2)6-3/h7-10H,6H2,1-5H3,(H,15,16);4-6H2,1-3H3/t7-,8+,9-,10+,13-,14+;/m0./s1. The van der Waals surface area contributed by atoms with E-state index in [9.17, 15) is 14.7 Å². The van der Waals surface area contributed by atoms with E-state index in [1.807, 2.05) is 6.92 Å². The molecule has 2 aliphatic heterocycles. The third-order valence-corrected chi connectivity index (χ3v) is 6.18. The Balaban J connectivity index is 0.000000480. The Morgan fingerprint density at radius 1 is 1.21 bits per heavy atom. The first kappa shape index (κ1) is 24.8. The molecule has 0 aromatic carbocycles. The van der Waals surface area contributed by atoms with Gasteiger partial charge < -0.3 is 33.7 Å². The fourth-order valence-corrected chi connectivity index (χ4v) is 4.17. The predicted octanol–water partition coefficient (Wildman–Crippen LogP) is -0.393. The summed E-state index contributed by atoms with van der Waals surface area (Å²) in [7, 11) is 2.81. The molecular weight excluding hydrogens is 366 g/mol. The van der Waals surface area contributed by atoms with Crippen LogP contribution in [0.2, 0.25) is 0 Å². The lowest BCUT2D eigenvalue weighted by Crippen LogP contribution is -3.11. The summed E-state index contributed by atoms with van der Waals surface area (Å²) in [4.78, 5) is 24.8. The van der Waals surface area contributed by atoms with E-state index in [4.69, 9.17) is 18.9 Å². The average Bonchev–Trinajstić information content (AvgIpc) is 2.90. The Morgan fingerprint density at radius 2 is 1.75 bits per heavy atom. The molecule has 0 saturated carbocycles. The van der Waals surface area contributed by atoms with Crippen molar-refractivity contribution in [2.75, 3.05) is 33.9 Å². The number of hydrogen-bond donors (Lipinski definition) is 1. The minimum Gasteiger partial charge on any atom is -0.550 e. The lowest BCUT2D eigenvalue weighted by Gasteiger charge is -2.51. The van der Waals surface area contributed by atoms with Gasteiger partial charge in [0.05, 0.1) is 25.7 Å². The largest absolute Gasteiger partial charge is 0.550 e. The van der Waals surface area contributed by atoms with Crippen LogP contribution < -0.4 is 10.0 Å². The molecule has 0 unspecified atom stereocenters. The predicted molar refractivity (Wildman–Crippen MR) is 100 cm³/mol. The highest BCUT2D eigenvalue weighted by Gasteiger charge is 2.72. The summed E-state index contributed by atoms with van der Waals surface area (Å²) in [5, 5.41) is 11.2. The van der Waals surface area contributed by atoms with E-state index >= 15 is 0 Å². The minimum atomic E-state index is -1.46. The van der Waals surface area contributed by atoms with E-state index in [2.05, 4.69) is 20.8 Å². The van der Waals surface area contributed by atoms with E-state index in [-0.39, 0.29) is 12.3 Å². The van der Waals surface area contributed by atoms with E-state index < -0.39 is 41.5 Å². The third-order valence-electron chi connectivity index (χ3n) is 6.18. The number of rotatable bonds is 7. The summed E-state index contributed by atoms with van der Waals surface area (Å²) >= 11 is 0. The molecule has 1 N–H and O–H groups in total. The van der Waals surface area contributed by atoms with Gasteiger partial charge in [-0.25, -0.2) is 0 Å². The van der Waals surface area contributed by atoms with Gasteiger partial charge in [0.2, 0.25) is 5.79 Å². The van der Waals surface area contributed by atoms with Crippen LogP contribution in [0.25, 0.3) is 0 Å². The first-order valence-corrected chi connectivity index (χ1v) is 10.1. The zero-order valence-corrected chi connectivity index (χ0v) is 18.5. The van der Waals surface area contributed by atoms with Crippen molar-refractivity contribution >= 4 is 11.9 Å². The van der Waals surface area contributed by atoms with Crippen molar-refractivity contribution in [2.45, 2.75) is 65.6 Å². The van der Waals surface area contributed by atoms with Gasteiger partial charge in [-0.3, -0.25) is 4.79 Å². The Labute approximate surface area is 168 Å². The van der Waals surface area contributed by atoms with Gasteiger partial charge in [-0.1, -0.05) is 13.8 Å². The first-order chi connectivity index (χ1) is 13.1. The molecule has 8 nitrogen and oxygen atoms in total. The molecule has 0 aromatic rings. The second-order valence-corrected chi connectivity index (χ2v) is 7.65. The number of carboxylic acid groups (broad SMARTS) is 1. The van der Waals surface area contributed by atoms with Gasteiger partial charge in [0.15, 0.2) is 0 Å². The fraction of sp³-hybridized carbons (Fsp3) is 0.900. The Hall–Kier alpha value is -1.22. The highest BCUT2D eigenvalue weighted by molar-refractivity contribution is 5.77. The monoisotopic (exact) mass is 403 g/mol. The normalized spacial score (nSPS) is 35.6. The molecule has 2 fully saturated rings. The zero-order valence-electron chi connectivity index (χ0n) is 18.5. The third kappa shape index (κ3) is 4.35. The van der Waals surface area contributed by atoms with Gasteiger partial charge in [0, 0.05) is 32.5 Å². The lowest BCUT2D eigenvalue weighted by molar-refractivity contribution is -0.894. The van der Waals surface area contributed by atoms with E-state index in [1.165, 1.54) is 40.8 Å². The molecule has 2 rings (SSSR count). The topological polar surface area (TPSA) is 98.6 Å². The smallest absolute Gasteiger partial charge is 0.317 e. The molecule has 0 spiro atoms. The van der Waals surface area contributed by atoms with Gasteiger partial charge in [-0.2, -0.15) is 0 Å². The molecule has 0 bridgehead atoms. The highest BCUT2D eigenvalue weighted by atomic mass is 16.8. The zero-order chi connectivity index (χ0) is 21.7. The van der Waals surface area contributed by atoms with Gasteiger partial charge in [0.1, 0.15) is 5.92 Å². The Bertz CT molecular complexity index is 533. The van der Waals surface area contributed by atoms with E-state index in [1.54, 1.807) is 11.8 Å². The summed E-state index contributed by atoms with van der Waals surface area (Å²) in [6.45, 7) is 15.4. The van der Waals surface area contributed by atoms with Gasteiger partial charge in [0.25, 0.3) is 5.79 Å². The van der Waals surface area contributed by atoms with Crippen LogP contribution in [0.15, 0.2) is 0 Å². The summed E-state index contributed by atoms with van der Waals surface area (Å²) < 4.78 is 22.3. The summed E-state index contributed by atoms with van der Waals surface area (Å²) in [6.07, 6.45) is -0.370. The lowest BCUT2D eigenvalue weighted by atomic mass is 9.79. The molecule has 2 saturated heterocycles. The Morgan fingerprint density at radius 3 is 2.11 bits per heavy atom. The quantitative estimate of drug-likeness (QED) is 0.578. The molecule has 28 heavy (non-hydrogen) atoms.